The number of hydrogen-bond donors (Lipinski definition) is 0. The zero-order chi connectivity index (χ0) is 13.6. The Labute approximate surface area is 113 Å². The Bertz CT molecular complexity index is 376. The maximum absolute atomic E-state index is 11.5. The first-order chi connectivity index (χ1) is 8.38. The van der Waals surface area contributed by atoms with Crippen LogP contribution in [0.15, 0.2) is 18.6 Å². The fourth-order valence-corrected chi connectivity index (χ4v) is 2.25. The summed E-state index contributed by atoms with van der Waals surface area (Å²) in [5, 5.41) is 0.237. The second-order valence-electron chi connectivity index (χ2n) is 4.98. The van der Waals surface area contributed by atoms with Crippen LogP contribution in [0.5, 0.6) is 0 Å². The van der Waals surface area contributed by atoms with Gasteiger partial charge in [-0.2, -0.15) is 11.8 Å². The lowest BCUT2D eigenvalue weighted by Crippen LogP contribution is -2.24. The topological polar surface area (TPSA) is 52.1 Å². The fraction of sp³-hybridized carbons (Fsp3) is 0.615. The van der Waals surface area contributed by atoms with Gasteiger partial charge >= 0.3 is 5.97 Å². The lowest BCUT2D eigenvalue weighted by molar-refractivity contribution is -0.154. The molecule has 0 aromatic carbocycles. The number of thioether (sulfide) groups is 1. The lowest BCUT2D eigenvalue weighted by Gasteiger charge is -2.19. The van der Waals surface area contributed by atoms with E-state index >= 15 is 0 Å². The van der Waals surface area contributed by atoms with Gasteiger partial charge in [0, 0.05) is 29.6 Å². The molecule has 0 amide bonds. The van der Waals surface area contributed by atoms with E-state index in [1.54, 1.807) is 30.4 Å². The predicted octanol–water partition coefficient (Wildman–Crippen LogP) is 3.00. The van der Waals surface area contributed by atoms with Gasteiger partial charge in [-0.15, -0.1) is 0 Å². The minimum Gasteiger partial charge on any atom is -0.460 e. The van der Waals surface area contributed by atoms with Crippen molar-refractivity contribution >= 4 is 17.7 Å². The van der Waals surface area contributed by atoms with Crippen molar-refractivity contribution in [3.05, 3.63) is 24.3 Å². The Kier molecular flexibility index (Phi) is 5.59. The summed E-state index contributed by atoms with van der Waals surface area (Å²) in [7, 11) is 0. The number of ether oxygens (including phenoxy) is 1. The van der Waals surface area contributed by atoms with Crippen LogP contribution in [0.2, 0.25) is 0 Å². The molecule has 1 rings (SSSR count). The number of nitrogens with zero attached hydrogens (tertiary/aromatic N) is 2. The molecule has 0 saturated carbocycles. The van der Waals surface area contributed by atoms with Crippen LogP contribution in [0.25, 0.3) is 0 Å². The molecule has 1 aromatic heterocycles. The standard InChI is InChI=1S/C13H20N2O2S/c1-10(11-9-14-6-7-15-11)18-8-5-12(16)17-13(2,3)4/h6-7,9-10H,5,8H2,1-4H3. The molecule has 1 atom stereocenters. The molecule has 1 unspecified atom stereocenters. The van der Waals surface area contributed by atoms with Crippen molar-refractivity contribution in [1.82, 2.24) is 9.97 Å². The van der Waals surface area contributed by atoms with Crippen LogP contribution in [0.3, 0.4) is 0 Å². The number of carbonyl (C=O) groups is 1. The van der Waals surface area contributed by atoms with Gasteiger partial charge in [-0.25, -0.2) is 0 Å². The normalized spacial score (nSPS) is 13.1. The van der Waals surface area contributed by atoms with Gasteiger partial charge in [0.25, 0.3) is 0 Å². The summed E-state index contributed by atoms with van der Waals surface area (Å²) in [5.41, 5.74) is 0.532. The largest absolute Gasteiger partial charge is 0.460 e. The number of hydrogen-bond acceptors (Lipinski definition) is 5. The van der Waals surface area contributed by atoms with Gasteiger partial charge in [0.1, 0.15) is 5.60 Å². The first-order valence-electron chi connectivity index (χ1n) is 5.98. The van der Waals surface area contributed by atoms with Crippen LogP contribution < -0.4 is 0 Å². The van der Waals surface area contributed by atoms with E-state index in [4.69, 9.17) is 4.74 Å². The Morgan fingerprint density at radius 3 is 2.72 bits per heavy atom. The summed E-state index contributed by atoms with van der Waals surface area (Å²) in [6.07, 6.45) is 5.51. The van der Waals surface area contributed by atoms with Crippen molar-refractivity contribution in [3.8, 4) is 0 Å². The second kappa shape index (κ2) is 6.73. The van der Waals surface area contributed by atoms with Crippen molar-refractivity contribution in [2.45, 2.75) is 45.0 Å². The summed E-state index contributed by atoms with van der Waals surface area (Å²) in [6, 6.07) is 0. The Balaban J connectivity index is 2.28. The summed E-state index contributed by atoms with van der Waals surface area (Å²) in [6.45, 7) is 7.68. The number of carbonyl (C=O) groups excluding carboxylic acids is 1. The van der Waals surface area contributed by atoms with Crippen molar-refractivity contribution in [2.75, 3.05) is 5.75 Å². The Morgan fingerprint density at radius 1 is 1.44 bits per heavy atom. The highest BCUT2D eigenvalue weighted by Gasteiger charge is 2.16. The Hall–Kier alpha value is -1.10. The zero-order valence-electron chi connectivity index (χ0n) is 11.3. The van der Waals surface area contributed by atoms with Crippen LogP contribution in [0.1, 0.15) is 45.1 Å². The molecule has 5 heteroatoms. The van der Waals surface area contributed by atoms with E-state index in [2.05, 4.69) is 16.9 Å². The van der Waals surface area contributed by atoms with E-state index in [1.807, 2.05) is 20.8 Å². The third kappa shape index (κ3) is 6.00. The van der Waals surface area contributed by atoms with E-state index in [0.29, 0.717) is 6.42 Å². The van der Waals surface area contributed by atoms with Crippen LogP contribution in [-0.4, -0.2) is 27.3 Å². The Morgan fingerprint density at radius 2 is 2.17 bits per heavy atom. The highest BCUT2D eigenvalue weighted by atomic mass is 32.2. The van der Waals surface area contributed by atoms with Gasteiger partial charge in [0.15, 0.2) is 0 Å². The number of esters is 1. The molecule has 1 heterocycles. The van der Waals surface area contributed by atoms with Gasteiger partial charge in [0.05, 0.1) is 12.1 Å². The zero-order valence-corrected chi connectivity index (χ0v) is 12.2. The third-order valence-corrected chi connectivity index (χ3v) is 3.28. The average molecular weight is 268 g/mol. The molecule has 100 valence electrons. The van der Waals surface area contributed by atoms with E-state index in [1.165, 1.54) is 0 Å². The van der Waals surface area contributed by atoms with Gasteiger partial charge < -0.3 is 4.74 Å². The lowest BCUT2D eigenvalue weighted by atomic mass is 10.2. The van der Waals surface area contributed by atoms with Crippen molar-refractivity contribution < 1.29 is 9.53 Å². The van der Waals surface area contributed by atoms with Crippen LogP contribution in [0.4, 0.5) is 0 Å². The van der Waals surface area contributed by atoms with Gasteiger partial charge in [-0.1, -0.05) is 0 Å². The summed E-state index contributed by atoms with van der Waals surface area (Å²) >= 11 is 1.68. The van der Waals surface area contributed by atoms with Gasteiger partial charge in [-0.3, -0.25) is 14.8 Å². The van der Waals surface area contributed by atoms with Gasteiger partial charge in [0.2, 0.25) is 0 Å². The first-order valence-corrected chi connectivity index (χ1v) is 7.03. The number of rotatable bonds is 5. The first kappa shape index (κ1) is 15.0. The van der Waals surface area contributed by atoms with Gasteiger partial charge in [-0.05, 0) is 27.7 Å². The molecule has 0 aliphatic carbocycles. The highest BCUT2D eigenvalue weighted by Crippen LogP contribution is 2.26. The smallest absolute Gasteiger partial charge is 0.307 e. The van der Waals surface area contributed by atoms with E-state index in [9.17, 15) is 4.79 Å². The fourth-order valence-electron chi connectivity index (χ4n) is 1.32. The molecule has 0 aliphatic rings. The molecule has 0 spiro atoms. The number of aromatic nitrogens is 2. The van der Waals surface area contributed by atoms with Crippen molar-refractivity contribution in [3.63, 3.8) is 0 Å². The molecule has 0 saturated heterocycles. The molecular weight excluding hydrogens is 248 g/mol. The molecule has 0 radical (unpaired) electrons. The van der Waals surface area contributed by atoms with E-state index in [0.717, 1.165) is 11.4 Å². The molecule has 4 nitrogen and oxygen atoms in total. The molecule has 0 N–H and O–H groups in total. The molecule has 0 bridgehead atoms. The molecular formula is C13H20N2O2S. The van der Waals surface area contributed by atoms with Crippen molar-refractivity contribution in [1.29, 1.82) is 0 Å². The maximum atomic E-state index is 11.5. The second-order valence-corrected chi connectivity index (χ2v) is 6.43. The van der Waals surface area contributed by atoms with E-state index < -0.39 is 5.60 Å². The van der Waals surface area contributed by atoms with Crippen LogP contribution >= 0.6 is 11.8 Å². The SMILES string of the molecule is CC(SCCC(=O)OC(C)(C)C)c1cnccn1. The average Bonchev–Trinajstić information content (AvgIpc) is 2.27. The maximum Gasteiger partial charge on any atom is 0.307 e. The van der Waals surface area contributed by atoms with E-state index in [-0.39, 0.29) is 11.2 Å². The van der Waals surface area contributed by atoms with Crippen LogP contribution in [-0.2, 0) is 9.53 Å². The van der Waals surface area contributed by atoms with Crippen molar-refractivity contribution in [2.24, 2.45) is 0 Å². The molecule has 0 fully saturated rings. The van der Waals surface area contributed by atoms with Crippen LogP contribution in [0, 0.1) is 0 Å². The molecule has 1 aromatic rings. The third-order valence-electron chi connectivity index (χ3n) is 2.09. The quantitative estimate of drug-likeness (QED) is 0.768. The minimum absolute atomic E-state index is 0.152. The molecule has 0 aliphatic heterocycles. The summed E-state index contributed by atoms with van der Waals surface area (Å²) in [4.78, 5) is 19.8. The predicted molar refractivity (Wildman–Crippen MR) is 73.4 cm³/mol. The monoisotopic (exact) mass is 268 g/mol. The molecule has 18 heavy (non-hydrogen) atoms. The highest BCUT2D eigenvalue weighted by molar-refractivity contribution is 7.99. The summed E-state index contributed by atoms with van der Waals surface area (Å²) < 4.78 is 5.24. The minimum atomic E-state index is -0.404. The summed E-state index contributed by atoms with van der Waals surface area (Å²) in [5.74, 6) is 0.577.